The van der Waals surface area contributed by atoms with Gasteiger partial charge in [0.05, 0.1) is 11.9 Å². The first-order chi connectivity index (χ1) is 19.4. The summed E-state index contributed by atoms with van der Waals surface area (Å²) in [5, 5.41) is 2.53. The molecule has 1 saturated heterocycles. The van der Waals surface area contributed by atoms with Gasteiger partial charge in [-0.25, -0.2) is 34.3 Å². The summed E-state index contributed by atoms with van der Waals surface area (Å²) < 4.78 is 68.5. The molecule has 0 bridgehead atoms. The van der Waals surface area contributed by atoms with Crippen molar-refractivity contribution in [2.75, 3.05) is 16.8 Å². The maximum Gasteiger partial charge on any atom is 0.408 e. The molecule has 0 aliphatic carbocycles. The molecule has 4 aromatic rings. The highest BCUT2D eigenvalue weighted by atomic mass is 19.4. The third kappa shape index (κ3) is 5.00. The van der Waals surface area contributed by atoms with Crippen molar-refractivity contribution in [1.82, 2.24) is 38.6 Å². The largest absolute Gasteiger partial charge is 0.408 e. The third-order valence-corrected chi connectivity index (χ3v) is 6.69. The maximum atomic E-state index is 13.5. The zero-order valence-corrected chi connectivity index (χ0v) is 21.4. The van der Waals surface area contributed by atoms with E-state index in [4.69, 9.17) is 0 Å². The highest BCUT2D eigenvalue weighted by Crippen LogP contribution is 2.34. The molecule has 1 N–H and O–H groups in total. The molecule has 1 amide bonds. The molecule has 2 atom stereocenters. The van der Waals surface area contributed by atoms with Crippen LogP contribution in [0, 0.1) is 0 Å². The molecule has 41 heavy (non-hydrogen) atoms. The SMILES string of the molecule is C[C@@H](C(=O)Nc1ccnc(-c2cnc(N3CCC[C@H]3C(F)(F)F)nc2)n1)n1cnc2c1c(=O)n(C)c(=O)n2C(F)F. The molecule has 13 nitrogen and oxygen atoms in total. The van der Waals surface area contributed by atoms with Crippen LogP contribution < -0.4 is 21.5 Å². The Balaban J connectivity index is 1.37. The van der Waals surface area contributed by atoms with Crippen LogP contribution in [0.15, 0.2) is 40.6 Å². The first-order valence-electron chi connectivity index (χ1n) is 12.1. The Morgan fingerprint density at radius 2 is 1.83 bits per heavy atom. The van der Waals surface area contributed by atoms with E-state index in [9.17, 15) is 36.3 Å². The van der Waals surface area contributed by atoms with Gasteiger partial charge in [-0.2, -0.15) is 22.0 Å². The lowest BCUT2D eigenvalue weighted by atomic mass is 10.2. The summed E-state index contributed by atoms with van der Waals surface area (Å²) in [5.74, 6) is -0.694. The van der Waals surface area contributed by atoms with E-state index in [-0.39, 0.29) is 46.2 Å². The molecular weight excluding hydrogens is 559 g/mol. The van der Waals surface area contributed by atoms with Gasteiger partial charge < -0.3 is 14.8 Å². The first kappa shape index (κ1) is 27.8. The van der Waals surface area contributed by atoms with E-state index in [0.29, 0.717) is 11.0 Å². The number of fused-ring (bicyclic) bond motifs is 1. The number of carbonyl (C=O) groups excluding carboxylic acids is 1. The Labute approximate surface area is 226 Å². The highest BCUT2D eigenvalue weighted by Gasteiger charge is 2.46. The molecule has 1 aliphatic rings. The lowest BCUT2D eigenvalue weighted by Gasteiger charge is -2.26. The number of rotatable bonds is 6. The second-order valence-corrected chi connectivity index (χ2v) is 9.21. The van der Waals surface area contributed by atoms with Crippen LogP contribution >= 0.6 is 0 Å². The minimum atomic E-state index is -4.41. The molecule has 216 valence electrons. The predicted molar refractivity (Wildman–Crippen MR) is 133 cm³/mol. The summed E-state index contributed by atoms with van der Waals surface area (Å²) >= 11 is 0. The fourth-order valence-electron chi connectivity index (χ4n) is 4.56. The lowest BCUT2D eigenvalue weighted by Crippen LogP contribution is -2.42. The number of imidazole rings is 1. The fourth-order valence-corrected chi connectivity index (χ4v) is 4.56. The van der Waals surface area contributed by atoms with Crippen LogP contribution in [0.25, 0.3) is 22.6 Å². The first-order valence-corrected chi connectivity index (χ1v) is 12.1. The van der Waals surface area contributed by atoms with Gasteiger partial charge in [0.2, 0.25) is 11.9 Å². The van der Waals surface area contributed by atoms with Crippen molar-refractivity contribution in [3.05, 3.63) is 51.8 Å². The minimum Gasteiger partial charge on any atom is -0.329 e. The van der Waals surface area contributed by atoms with E-state index < -0.39 is 47.6 Å². The topological polar surface area (TPSA) is 146 Å². The van der Waals surface area contributed by atoms with Gasteiger partial charge in [-0.1, -0.05) is 0 Å². The Bertz CT molecular complexity index is 1730. The zero-order valence-electron chi connectivity index (χ0n) is 21.4. The number of anilines is 2. The highest BCUT2D eigenvalue weighted by molar-refractivity contribution is 5.93. The summed E-state index contributed by atoms with van der Waals surface area (Å²) in [6, 6.07) is -1.46. The van der Waals surface area contributed by atoms with Crippen LogP contribution in [0.3, 0.4) is 0 Å². The van der Waals surface area contributed by atoms with Gasteiger partial charge in [0.15, 0.2) is 17.0 Å². The number of hydrogen-bond donors (Lipinski definition) is 1. The normalized spacial score (nSPS) is 16.5. The van der Waals surface area contributed by atoms with Crippen LogP contribution in [-0.2, 0) is 11.8 Å². The van der Waals surface area contributed by atoms with Crippen molar-refractivity contribution >= 4 is 28.8 Å². The van der Waals surface area contributed by atoms with Gasteiger partial charge in [-0.05, 0) is 25.8 Å². The van der Waals surface area contributed by atoms with Crippen LogP contribution in [0.4, 0.5) is 33.7 Å². The summed E-state index contributed by atoms with van der Waals surface area (Å²) in [5.41, 5.74) is -2.85. The fraction of sp³-hybridized carbons (Fsp3) is 0.391. The number of halogens is 5. The number of alkyl halides is 5. The Morgan fingerprint density at radius 1 is 1.12 bits per heavy atom. The molecule has 1 aliphatic heterocycles. The smallest absolute Gasteiger partial charge is 0.329 e. The second-order valence-electron chi connectivity index (χ2n) is 9.21. The van der Waals surface area contributed by atoms with E-state index in [2.05, 4.69) is 30.2 Å². The molecule has 4 aromatic heterocycles. The molecule has 5 rings (SSSR count). The van der Waals surface area contributed by atoms with Crippen molar-refractivity contribution in [3.63, 3.8) is 0 Å². The number of carbonyl (C=O) groups is 1. The number of hydrogen-bond acceptors (Lipinski definition) is 9. The van der Waals surface area contributed by atoms with Crippen molar-refractivity contribution in [1.29, 1.82) is 0 Å². The molecule has 0 unspecified atom stereocenters. The van der Waals surface area contributed by atoms with E-state index in [1.165, 1.54) is 31.6 Å². The Hall–Kier alpha value is -4.77. The van der Waals surface area contributed by atoms with Crippen molar-refractivity contribution in [3.8, 4) is 11.4 Å². The number of nitrogens with zero attached hydrogens (tertiary/aromatic N) is 9. The van der Waals surface area contributed by atoms with Crippen molar-refractivity contribution < 1.29 is 26.7 Å². The standard InChI is InChI=1S/C23H21F5N10O3/c1-11(37-10-32-17-15(37)19(40)35(2)22(41)38(17)20(24)25)18(39)34-14-5-6-29-16(33-14)12-8-30-21(31-9-12)36-7-3-4-13(36)23(26,27)28/h5-6,8-11,13,20H,3-4,7H2,1-2H3,(H,29,33,34,39)/t11-,13-/m0/s1. The van der Waals surface area contributed by atoms with Gasteiger partial charge in [0.1, 0.15) is 17.9 Å². The minimum absolute atomic E-state index is 0.0226. The monoisotopic (exact) mass is 580 g/mol. The summed E-state index contributed by atoms with van der Waals surface area (Å²) in [4.78, 5) is 59.1. The van der Waals surface area contributed by atoms with E-state index in [0.717, 1.165) is 22.8 Å². The average molecular weight is 580 g/mol. The summed E-state index contributed by atoms with van der Waals surface area (Å²) in [7, 11) is 1.03. The molecule has 0 spiro atoms. The molecule has 0 aromatic carbocycles. The summed E-state index contributed by atoms with van der Waals surface area (Å²) in [6.45, 7) is -1.73. The molecule has 18 heteroatoms. The second kappa shape index (κ2) is 10.3. The molecular formula is C23H21F5N10O3. The van der Waals surface area contributed by atoms with Crippen molar-refractivity contribution in [2.45, 2.75) is 44.6 Å². The van der Waals surface area contributed by atoms with Crippen LogP contribution in [-0.4, -0.2) is 63.3 Å². The Kier molecular flexibility index (Phi) is 7.00. The van der Waals surface area contributed by atoms with Crippen LogP contribution in [0.2, 0.25) is 0 Å². The zero-order chi connectivity index (χ0) is 29.6. The van der Waals surface area contributed by atoms with E-state index in [1.54, 1.807) is 0 Å². The van der Waals surface area contributed by atoms with Gasteiger partial charge in [-0.3, -0.25) is 14.2 Å². The third-order valence-electron chi connectivity index (χ3n) is 6.69. The number of nitrogens with one attached hydrogen (secondary N) is 1. The van der Waals surface area contributed by atoms with Crippen molar-refractivity contribution in [2.24, 2.45) is 7.05 Å². The lowest BCUT2D eigenvalue weighted by molar-refractivity contribution is -0.146. The van der Waals surface area contributed by atoms with E-state index in [1.807, 2.05) is 0 Å². The number of aromatic nitrogens is 8. The quantitative estimate of drug-likeness (QED) is 0.340. The molecule has 5 heterocycles. The molecule has 0 radical (unpaired) electrons. The molecule has 1 fully saturated rings. The predicted octanol–water partition coefficient (Wildman–Crippen LogP) is 2.27. The van der Waals surface area contributed by atoms with E-state index >= 15 is 0 Å². The van der Waals surface area contributed by atoms with Gasteiger partial charge >= 0.3 is 18.4 Å². The van der Waals surface area contributed by atoms with Crippen LogP contribution in [0.1, 0.15) is 32.4 Å². The van der Waals surface area contributed by atoms with Gasteiger partial charge in [0, 0.05) is 32.2 Å². The average Bonchev–Trinajstić information content (AvgIpc) is 3.60. The van der Waals surface area contributed by atoms with Crippen LogP contribution in [0.5, 0.6) is 0 Å². The summed E-state index contributed by atoms with van der Waals surface area (Å²) in [6.07, 6.45) is 0.760. The van der Waals surface area contributed by atoms with Gasteiger partial charge in [0.25, 0.3) is 5.56 Å². The number of amides is 1. The Morgan fingerprint density at radius 3 is 2.49 bits per heavy atom. The van der Waals surface area contributed by atoms with Gasteiger partial charge in [-0.15, -0.1) is 0 Å². The molecule has 0 saturated carbocycles. The maximum absolute atomic E-state index is 13.5.